The summed E-state index contributed by atoms with van der Waals surface area (Å²) in [5, 5.41) is 3.59. The smallest absolute Gasteiger partial charge is 0.262 e. The molecule has 1 aromatic carbocycles. The summed E-state index contributed by atoms with van der Waals surface area (Å²) in [6, 6.07) is 5.43. The van der Waals surface area contributed by atoms with Gasteiger partial charge in [-0.25, -0.2) is 4.98 Å². The van der Waals surface area contributed by atoms with E-state index in [1.165, 1.54) is 11.3 Å². The number of hydrogen-bond acceptors (Lipinski definition) is 4. The van der Waals surface area contributed by atoms with E-state index < -0.39 is 0 Å². The van der Waals surface area contributed by atoms with Gasteiger partial charge in [0.05, 0.1) is 15.4 Å². The zero-order valence-corrected chi connectivity index (χ0v) is 17.4. The molecule has 2 heterocycles. The maximum absolute atomic E-state index is 13.2. The molecule has 0 saturated heterocycles. The minimum absolute atomic E-state index is 0.00183. The van der Waals surface area contributed by atoms with Gasteiger partial charge in [-0.05, 0) is 37.7 Å². The van der Waals surface area contributed by atoms with Crippen LogP contribution in [-0.2, 0) is 6.54 Å². The first-order valence-electron chi connectivity index (χ1n) is 8.62. The Morgan fingerprint density at radius 2 is 1.92 bits per heavy atom. The van der Waals surface area contributed by atoms with Crippen molar-refractivity contribution in [1.82, 2.24) is 14.5 Å². The molecule has 0 spiro atoms. The zero-order valence-electron chi connectivity index (χ0n) is 15.1. The topological polar surface area (TPSA) is 38.1 Å². The third-order valence-corrected chi connectivity index (χ3v) is 6.26. The van der Waals surface area contributed by atoms with Gasteiger partial charge in [0.1, 0.15) is 10.7 Å². The molecule has 26 heavy (non-hydrogen) atoms. The zero-order chi connectivity index (χ0) is 18.8. The number of aromatic nitrogens is 2. The fourth-order valence-electron chi connectivity index (χ4n) is 3.05. The Morgan fingerprint density at radius 1 is 1.19 bits per heavy atom. The monoisotopic (exact) mass is 409 g/mol. The Labute approximate surface area is 167 Å². The first-order chi connectivity index (χ1) is 12.5. The van der Waals surface area contributed by atoms with Crippen LogP contribution in [0.5, 0.6) is 0 Å². The average molecular weight is 410 g/mol. The van der Waals surface area contributed by atoms with Gasteiger partial charge in [-0.15, -0.1) is 11.3 Å². The van der Waals surface area contributed by atoms with Crippen LogP contribution < -0.4 is 5.56 Å². The summed E-state index contributed by atoms with van der Waals surface area (Å²) in [6.45, 7) is 9.53. The molecule has 0 N–H and O–H groups in total. The van der Waals surface area contributed by atoms with Gasteiger partial charge >= 0.3 is 0 Å². The first-order valence-corrected chi connectivity index (χ1v) is 10.3. The molecule has 0 atom stereocenters. The quantitative estimate of drug-likeness (QED) is 0.569. The standard InChI is InChI=1S/C19H21Cl2N3OS/c1-4-23(5-2)8-9-24-12(3)22-18-17(19(24)25)14(11-26-18)13-6-7-15(20)16(21)10-13/h6-7,10-11H,4-5,8-9H2,1-3H3. The summed E-state index contributed by atoms with van der Waals surface area (Å²) < 4.78 is 1.77. The average Bonchev–Trinajstić information content (AvgIpc) is 3.04. The number of thiophene rings is 1. The number of hydrogen-bond donors (Lipinski definition) is 0. The van der Waals surface area contributed by atoms with E-state index in [4.69, 9.17) is 23.2 Å². The van der Waals surface area contributed by atoms with Crippen molar-refractivity contribution >= 4 is 44.8 Å². The molecule has 0 aliphatic rings. The lowest BCUT2D eigenvalue weighted by atomic mass is 10.1. The van der Waals surface area contributed by atoms with E-state index >= 15 is 0 Å². The van der Waals surface area contributed by atoms with Crippen LogP contribution in [0.4, 0.5) is 0 Å². The minimum atomic E-state index is 0.00183. The number of likely N-dealkylation sites (N-methyl/N-ethyl adjacent to an activating group) is 1. The Balaban J connectivity index is 2.09. The Hall–Kier alpha value is -1.40. The second kappa shape index (κ2) is 8.09. The van der Waals surface area contributed by atoms with E-state index in [0.29, 0.717) is 22.0 Å². The molecule has 0 aliphatic heterocycles. The van der Waals surface area contributed by atoms with Crippen molar-refractivity contribution in [3.05, 3.63) is 49.8 Å². The molecule has 0 unspecified atom stereocenters. The third kappa shape index (κ3) is 3.67. The summed E-state index contributed by atoms with van der Waals surface area (Å²) >= 11 is 13.7. The van der Waals surface area contributed by atoms with Crippen molar-refractivity contribution in [2.75, 3.05) is 19.6 Å². The molecule has 0 fully saturated rings. The summed E-state index contributed by atoms with van der Waals surface area (Å²) in [5.74, 6) is 0.747. The molecule has 2 aromatic heterocycles. The molecule has 0 bridgehead atoms. The van der Waals surface area contributed by atoms with Gasteiger partial charge in [0.15, 0.2) is 0 Å². The fourth-order valence-corrected chi connectivity index (χ4v) is 4.33. The number of aryl methyl sites for hydroxylation is 1. The van der Waals surface area contributed by atoms with E-state index in [1.807, 2.05) is 18.4 Å². The molecule has 0 aliphatic carbocycles. The predicted octanol–water partition coefficient (Wildman–Crippen LogP) is 5.08. The van der Waals surface area contributed by atoms with Gasteiger partial charge in [-0.3, -0.25) is 9.36 Å². The first kappa shape index (κ1) is 19.4. The number of rotatable bonds is 6. The van der Waals surface area contributed by atoms with E-state index in [1.54, 1.807) is 16.7 Å². The van der Waals surface area contributed by atoms with E-state index in [-0.39, 0.29) is 5.56 Å². The number of benzene rings is 1. The highest BCUT2D eigenvalue weighted by Gasteiger charge is 2.16. The van der Waals surface area contributed by atoms with Crippen LogP contribution >= 0.6 is 34.5 Å². The molecule has 7 heteroatoms. The summed E-state index contributed by atoms with van der Waals surface area (Å²) in [6.07, 6.45) is 0. The Kier molecular flexibility index (Phi) is 6.03. The highest BCUT2D eigenvalue weighted by Crippen LogP contribution is 2.34. The minimum Gasteiger partial charge on any atom is -0.302 e. The molecular weight excluding hydrogens is 389 g/mol. The van der Waals surface area contributed by atoms with Gasteiger partial charge < -0.3 is 4.90 Å². The van der Waals surface area contributed by atoms with Gasteiger partial charge in [0.25, 0.3) is 5.56 Å². The summed E-state index contributed by atoms with van der Waals surface area (Å²) in [7, 11) is 0. The summed E-state index contributed by atoms with van der Waals surface area (Å²) in [4.78, 5) is 20.9. The summed E-state index contributed by atoms with van der Waals surface area (Å²) in [5.41, 5.74) is 1.74. The van der Waals surface area contributed by atoms with Gasteiger partial charge in [0.2, 0.25) is 0 Å². The highest BCUT2D eigenvalue weighted by atomic mass is 35.5. The molecule has 0 radical (unpaired) electrons. The van der Waals surface area contributed by atoms with Gasteiger partial charge in [-0.1, -0.05) is 43.1 Å². The molecule has 0 saturated carbocycles. The van der Waals surface area contributed by atoms with Gasteiger partial charge in [0, 0.05) is 24.0 Å². The third-order valence-electron chi connectivity index (χ3n) is 4.65. The number of nitrogens with zero attached hydrogens (tertiary/aromatic N) is 3. The Bertz CT molecular complexity index is 992. The van der Waals surface area contributed by atoms with Crippen LogP contribution in [0.1, 0.15) is 19.7 Å². The SMILES string of the molecule is CCN(CC)CCn1c(C)nc2scc(-c3ccc(Cl)c(Cl)c3)c2c1=O. The van der Waals surface area contributed by atoms with Crippen molar-refractivity contribution in [3.8, 4) is 11.1 Å². The van der Waals surface area contributed by atoms with Crippen molar-refractivity contribution in [3.63, 3.8) is 0 Å². The second-order valence-electron chi connectivity index (χ2n) is 6.10. The van der Waals surface area contributed by atoms with Crippen LogP contribution in [-0.4, -0.2) is 34.1 Å². The number of halogens is 2. The molecule has 138 valence electrons. The number of fused-ring (bicyclic) bond motifs is 1. The normalized spacial score (nSPS) is 11.6. The van der Waals surface area contributed by atoms with Crippen molar-refractivity contribution in [2.45, 2.75) is 27.3 Å². The largest absolute Gasteiger partial charge is 0.302 e. The molecule has 0 amide bonds. The fraction of sp³-hybridized carbons (Fsp3) is 0.368. The van der Waals surface area contributed by atoms with Crippen LogP contribution in [0.2, 0.25) is 10.0 Å². The molecule has 4 nitrogen and oxygen atoms in total. The van der Waals surface area contributed by atoms with Crippen LogP contribution in [0, 0.1) is 6.92 Å². The van der Waals surface area contributed by atoms with Crippen LogP contribution in [0.25, 0.3) is 21.3 Å². The lowest BCUT2D eigenvalue weighted by Crippen LogP contribution is -2.32. The lowest BCUT2D eigenvalue weighted by Gasteiger charge is -2.19. The van der Waals surface area contributed by atoms with Crippen molar-refractivity contribution in [2.24, 2.45) is 0 Å². The molecule has 3 aromatic rings. The van der Waals surface area contributed by atoms with Crippen LogP contribution in [0.3, 0.4) is 0 Å². The van der Waals surface area contributed by atoms with Crippen molar-refractivity contribution in [1.29, 1.82) is 0 Å². The maximum atomic E-state index is 13.2. The molecule has 3 rings (SSSR count). The second-order valence-corrected chi connectivity index (χ2v) is 7.77. The lowest BCUT2D eigenvalue weighted by molar-refractivity contribution is 0.288. The Morgan fingerprint density at radius 3 is 2.58 bits per heavy atom. The highest BCUT2D eigenvalue weighted by molar-refractivity contribution is 7.17. The van der Waals surface area contributed by atoms with E-state index in [0.717, 1.165) is 41.4 Å². The van der Waals surface area contributed by atoms with E-state index in [2.05, 4.69) is 23.7 Å². The van der Waals surface area contributed by atoms with Gasteiger partial charge in [-0.2, -0.15) is 0 Å². The van der Waals surface area contributed by atoms with Crippen molar-refractivity contribution < 1.29 is 0 Å². The molecular formula is C19H21Cl2N3OS. The predicted molar refractivity (Wildman–Crippen MR) is 112 cm³/mol. The van der Waals surface area contributed by atoms with Crippen LogP contribution in [0.15, 0.2) is 28.4 Å². The van der Waals surface area contributed by atoms with E-state index in [9.17, 15) is 4.79 Å². The maximum Gasteiger partial charge on any atom is 0.262 e.